The van der Waals surface area contributed by atoms with Crippen LogP contribution in [0.2, 0.25) is 0 Å². The summed E-state index contributed by atoms with van der Waals surface area (Å²) in [6, 6.07) is 8.38. The van der Waals surface area contributed by atoms with E-state index in [2.05, 4.69) is 41.4 Å². The monoisotopic (exact) mass is 347 g/mol. The van der Waals surface area contributed by atoms with Gasteiger partial charge in [-0.1, -0.05) is 31.2 Å². The first kappa shape index (κ1) is 19.7. The molecule has 1 fully saturated rings. The average molecular weight is 348 g/mol. The van der Waals surface area contributed by atoms with Crippen LogP contribution in [-0.2, 0) is 13.1 Å². The van der Waals surface area contributed by atoms with E-state index in [0.29, 0.717) is 19.5 Å². The number of likely N-dealkylation sites (tertiary alicyclic amines) is 1. The van der Waals surface area contributed by atoms with Crippen LogP contribution in [0.1, 0.15) is 44.2 Å². The van der Waals surface area contributed by atoms with E-state index in [1.165, 1.54) is 31.5 Å². The van der Waals surface area contributed by atoms with Crippen molar-refractivity contribution < 1.29 is 9.90 Å². The minimum atomic E-state index is -0.385. The van der Waals surface area contributed by atoms with Crippen molar-refractivity contribution >= 4 is 6.03 Å². The molecule has 2 N–H and O–H groups in total. The molecule has 25 heavy (non-hydrogen) atoms. The lowest BCUT2D eigenvalue weighted by atomic mass is 9.98. The first-order valence-electron chi connectivity index (χ1n) is 9.41. The summed E-state index contributed by atoms with van der Waals surface area (Å²) in [5.74, 6) is 0.851. The van der Waals surface area contributed by atoms with E-state index in [0.717, 1.165) is 18.0 Å². The molecule has 1 unspecified atom stereocenters. The molecule has 5 heteroatoms. The molecule has 1 aliphatic rings. The van der Waals surface area contributed by atoms with Gasteiger partial charge in [0.05, 0.1) is 6.10 Å². The smallest absolute Gasteiger partial charge is 0.317 e. The van der Waals surface area contributed by atoms with Crippen molar-refractivity contribution in [3.8, 4) is 0 Å². The fourth-order valence-electron chi connectivity index (χ4n) is 3.11. The number of amides is 2. The van der Waals surface area contributed by atoms with E-state index >= 15 is 0 Å². The molecule has 0 spiro atoms. The number of nitrogens with zero attached hydrogens (tertiary/aromatic N) is 2. The standard InChI is InChI=1S/C20H33N3O2/c1-16-7-11-23(12-8-16)15-19-6-4-5-18(13-19)14-21-20(25)22(3)10-9-17(2)24/h4-6,13,16-17,24H,7-12,14-15H2,1-3H3,(H,21,25). The van der Waals surface area contributed by atoms with Crippen LogP contribution in [0.4, 0.5) is 4.79 Å². The second-order valence-electron chi connectivity index (χ2n) is 7.50. The van der Waals surface area contributed by atoms with Gasteiger partial charge in [0, 0.05) is 26.7 Å². The van der Waals surface area contributed by atoms with Crippen LogP contribution in [0.15, 0.2) is 24.3 Å². The Hall–Kier alpha value is -1.59. The van der Waals surface area contributed by atoms with Crippen molar-refractivity contribution in [3.05, 3.63) is 35.4 Å². The second kappa shape index (κ2) is 9.78. The summed E-state index contributed by atoms with van der Waals surface area (Å²) in [6.07, 6.45) is 2.78. The van der Waals surface area contributed by atoms with Gasteiger partial charge in [0.2, 0.25) is 0 Å². The molecule has 1 atom stereocenters. The van der Waals surface area contributed by atoms with E-state index in [4.69, 9.17) is 0 Å². The molecular formula is C20H33N3O2. The van der Waals surface area contributed by atoms with Crippen molar-refractivity contribution in [2.45, 2.75) is 52.3 Å². The Balaban J connectivity index is 1.79. The first-order chi connectivity index (χ1) is 11.9. The maximum absolute atomic E-state index is 12.1. The number of carbonyl (C=O) groups is 1. The molecule has 140 valence electrons. The number of urea groups is 1. The Labute approximate surface area is 152 Å². The highest BCUT2D eigenvalue weighted by molar-refractivity contribution is 5.73. The Bertz CT molecular complexity index is 539. The number of benzene rings is 1. The number of aliphatic hydroxyl groups is 1. The predicted molar refractivity (Wildman–Crippen MR) is 101 cm³/mol. The number of hydrogen-bond donors (Lipinski definition) is 2. The molecule has 5 nitrogen and oxygen atoms in total. The lowest BCUT2D eigenvalue weighted by molar-refractivity contribution is 0.163. The number of piperidine rings is 1. The van der Waals surface area contributed by atoms with Gasteiger partial charge < -0.3 is 15.3 Å². The zero-order valence-electron chi connectivity index (χ0n) is 15.9. The van der Waals surface area contributed by atoms with E-state index in [-0.39, 0.29) is 12.1 Å². The van der Waals surface area contributed by atoms with E-state index in [1.54, 1.807) is 18.9 Å². The van der Waals surface area contributed by atoms with Crippen molar-refractivity contribution in [1.82, 2.24) is 15.1 Å². The molecule has 0 aromatic heterocycles. The third kappa shape index (κ3) is 7.04. The zero-order chi connectivity index (χ0) is 18.2. The lowest BCUT2D eigenvalue weighted by Gasteiger charge is -2.30. The van der Waals surface area contributed by atoms with Crippen molar-refractivity contribution in [1.29, 1.82) is 0 Å². The van der Waals surface area contributed by atoms with Crippen LogP contribution in [0, 0.1) is 5.92 Å². The lowest BCUT2D eigenvalue weighted by Crippen LogP contribution is -2.38. The first-order valence-corrected chi connectivity index (χ1v) is 9.41. The Kier molecular flexibility index (Phi) is 7.72. The van der Waals surface area contributed by atoms with Gasteiger partial charge in [-0.3, -0.25) is 4.90 Å². The summed E-state index contributed by atoms with van der Waals surface area (Å²) in [7, 11) is 1.76. The maximum atomic E-state index is 12.1. The molecule has 1 heterocycles. The summed E-state index contributed by atoms with van der Waals surface area (Å²) >= 11 is 0. The highest BCUT2D eigenvalue weighted by atomic mass is 16.3. The molecule has 1 aromatic carbocycles. The van der Waals surface area contributed by atoms with Crippen molar-refractivity contribution in [3.63, 3.8) is 0 Å². The summed E-state index contributed by atoms with van der Waals surface area (Å²) in [6.45, 7) is 8.49. The van der Waals surface area contributed by atoms with E-state index < -0.39 is 0 Å². The molecule has 0 radical (unpaired) electrons. The van der Waals surface area contributed by atoms with Gasteiger partial charge in [0.15, 0.2) is 0 Å². The number of hydrogen-bond acceptors (Lipinski definition) is 3. The van der Waals surface area contributed by atoms with Gasteiger partial charge in [-0.05, 0) is 56.3 Å². The van der Waals surface area contributed by atoms with Gasteiger partial charge in [-0.15, -0.1) is 0 Å². The van der Waals surface area contributed by atoms with Crippen LogP contribution in [0.25, 0.3) is 0 Å². The number of carbonyl (C=O) groups excluding carboxylic acids is 1. The van der Waals surface area contributed by atoms with E-state index in [1.807, 2.05) is 0 Å². The highest BCUT2D eigenvalue weighted by Gasteiger charge is 2.15. The average Bonchev–Trinajstić information content (AvgIpc) is 2.60. The van der Waals surface area contributed by atoms with Crippen molar-refractivity contribution in [2.24, 2.45) is 5.92 Å². The Morgan fingerprint density at radius 1 is 1.36 bits per heavy atom. The normalized spacial score (nSPS) is 17.3. The third-order valence-corrected chi connectivity index (χ3v) is 4.95. The molecule has 2 rings (SSSR count). The number of aliphatic hydroxyl groups excluding tert-OH is 1. The van der Waals surface area contributed by atoms with Crippen LogP contribution in [-0.4, -0.2) is 53.7 Å². The van der Waals surface area contributed by atoms with Crippen LogP contribution in [0.5, 0.6) is 0 Å². The topological polar surface area (TPSA) is 55.8 Å². The number of nitrogens with one attached hydrogen (secondary N) is 1. The summed E-state index contributed by atoms with van der Waals surface area (Å²) in [4.78, 5) is 16.2. The molecule has 1 aliphatic heterocycles. The van der Waals surface area contributed by atoms with Crippen molar-refractivity contribution in [2.75, 3.05) is 26.7 Å². The second-order valence-corrected chi connectivity index (χ2v) is 7.50. The van der Waals surface area contributed by atoms with Crippen LogP contribution < -0.4 is 5.32 Å². The molecule has 0 bridgehead atoms. The maximum Gasteiger partial charge on any atom is 0.317 e. The third-order valence-electron chi connectivity index (χ3n) is 4.95. The fraction of sp³-hybridized carbons (Fsp3) is 0.650. The zero-order valence-corrected chi connectivity index (χ0v) is 15.9. The molecule has 0 saturated carbocycles. The summed E-state index contributed by atoms with van der Waals surface area (Å²) < 4.78 is 0. The summed E-state index contributed by atoms with van der Waals surface area (Å²) in [5.41, 5.74) is 2.43. The summed E-state index contributed by atoms with van der Waals surface area (Å²) in [5, 5.41) is 12.3. The molecule has 2 amide bonds. The molecule has 0 aliphatic carbocycles. The van der Waals surface area contributed by atoms with Crippen LogP contribution in [0.3, 0.4) is 0 Å². The molecule has 1 saturated heterocycles. The quantitative estimate of drug-likeness (QED) is 0.797. The minimum Gasteiger partial charge on any atom is -0.393 e. The van der Waals surface area contributed by atoms with E-state index in [9.17, 15) is 9.90 Å². The fourth-order valence-corrected chi connectivity index (χ4v) is 3.11. The highest BCUT2D eigenvalue weighted by Crippen LogP contribution is 2.18. The Morgan fingerprint density at radius 3 is 2.72 bits per heavy atom. The van der Waals surface area contributed by atoms with Crippen LogP contribution >= 0.6 is 0 Å². The SMILES string of the molecule is CC(O)CCN(C)C(=O)NCc1cccc(CN2CCC(C)CC2)c1. The van der Waals surface area contributed by atoms with Gasteiger partial charge in [0.1, 0.15) is 0 Å². The molecular weight excluding hydrogens is 314 g/mol. The van der Waals surface area contributed by atoms with Gasteiger partial charge in [0.25, 0.3) is 0 Å². The predicted octanol–water partition coefficient (Wildman–Crippen LogP) is 2.83. The van der Waals surface area contributed by atoms with Gasteiger partial charge >= 0.3 is 6.03 Å². The minimum absolute atomic E-state index is 0.101. The number of rotatable bonds is 7. The van der Waals surface area contributed by atoms with Gasteiger partial charge in [-0.25, -0.2) is 4.79 Å². The van der Waals surface area contributed by atoms with Gasteiger partial charge in [-0.2, -0.15) is 0 Å². The molecule has 1 aromatic rings. The Morgan fingerprint density at radius 2 is 2.04 bits per heavy atom. The largest absolute Gasteiger partial charge is 0.393 e.